The number of hydrogen-bond donors (Lipinski definition) is 3. The number of carbonyl (C=O) groups is 2. The number of urea groups is 1. The summed E-state index contributed by atoms with van der Waals surface area (Å²) in [5.74, 6) is 4.84. The molecule has 0 spiro atoms. The second kappa shape index (κ2) is 8.34. The molecule has 0 unspecified atom stereocenters. The van der Waals surface area contributed by atoms with Crippen LogP contribution in [0.2, 0.25) is 0 Å². The van der Waals surface area contributed by atoms with Crippen LogP contribution in [0.3, 0.4) is 0 Å². The van der Waals surface area contributed by atoms with Crippen molar-refractivity contribution in [2.24, 2.45) is 0 Å². The van der Waals surface area contributed by atoms with Gasteiger partial charge in [0.1, 0.15) is 5.82 Å². The number of amides is 3. The maximum absolute atomic E-state index is 13.4. The van der Waals surface area contributed by atoms with Crippen LogP contribution in [0.1, 0.15) is 15.9 Å². The van der Waals surface area contributed by atoms with Gasteiger partial charge in [-0.3, -0.25) is 4.79 Å². The van der Waals surface area contributed by atoms with E-state index in [0.717, 1.165) is 0 Å². The van der Waals surface area contributed by atoms with Crippen molar-refractivity contribution in [3.63, 3.8) is 0 Å². The third-order valence-corrected chi connectivity index (χ3v) is 3.08. The molecular weight excluding hydrogens is 309 g/mol. The monoisotopic (exact) mass is 325 g/mol. The molecule has 2 aromatic rings. The van der Waals surface area contributed by atoms with Gasteiger partial charge in [-0.2, -0.15) is 0 Å². The lowest BCUT2D eigenvalue weighted by molar-refractivity contribution is 0.0963. The van der Waals surface area contributed by atoms with E-state index in [4.69, 9.17) is 0 Å². The number of carbonyl (C=O) groups excluding carboxylic acids is 2. The van der Waals surface area contributed by atoms with Gasteiger partial charge < -0.3 is 16.0 Å². The van der Waals surface area contributed by atoms with Gasteiger partial charge in [-0.1, -0.05) is 36.1 Å². The molecule has 6 heteroatoms. The van der Waals surface area contributed by atoms with Gasteiger partial charge in [-0.25, -0.2) is 9.18 Å². The zero-order chi connectivity index (χ0) is 17.4. The Bertz CT molecular complexity index is 809. The Labute approximate surface area is 139 Å². The Kier molecular flexibility index (Phi) is 5.92. The van der Waals surface area contributed by atoms with Crippen LogP contribution in [0.15, 0.2) is 48.5 Å². The highest BCUT2D eigenvalue weighted by Crippen LogP contribution is 2.11. The SMILES string of the molecule is CNC(=O)c1ccccc1C#CCNC(=O)Nc1ccccc1F. The summed E-state index contributed by atoms with van der Waals surface area (Å²) >= 11 is 0. The molecule has 0 saturated carbocycles. The number of para-hydroxylation sites is 1. The van der Waals surface area contributed by atoms with Gasteiger partial charge in [0.25, 0.3) is 5.91 Å². The third kappa shape index (κ3) is 4.58. The predicted octanol–water partition coefficient (Wildman–Crippen LogP) is 2.36. The van der Waals surface area contributed by atoms with E-state index in [2.05, 4.69) is 27.8 Å². The van der Waals surface area contributed by atoms with Crippen LogP contribution >= 0.6 is 0 Å². The van der Waals surface area contributed by atoms with Crippen LogP contribution in [0.4, 0.5) is 14.9 Å². The van der Waals surface area contributed by atoms with E-state index < -0.39 is 11.8 Å². The van der Waals surface area contributed by atoms with Crippen LogP contribution in [-0.4, -0.2) is 25.5 Å². The van der Waals surface area contributed by atoms with Gasteiger partial charge in [0.2, 0.25) is 0 Å². The molecule has 0 aliphatic heterocycles. The van der Waals surface area contributed by atoms with Gasteiger partial charge in [-0.15, -0.1) is 0 Å². The van der Waals surface area contributed by atoms with Crippen LogP contribution in [-0.2, 0) is 0 Å². The first-order valence-electron chi connectivity index (χ1n) is 7.21. The van der Waals surface area contributed by atoms with E-state index in [1.807, 2.05) is 0 Å². The molecule has 0 bridgehead atoms. The summed E-state index contributed by atoms with van der Waals surface area (Å²) in [6, 6.07) is 12.2. The highest BCUT2D eigenvalue weighted by Gasteiger charge is 2.07. The lowest BCUT2D eigenvalue weighted by Gasteiger charge is -2.06. The van der Waals surface area contributed by atoms with Crippen molar-refractivity contribution >= 4 is 17.6 Å². The van der Waals surface area contributed by atoms with E-state index in [9.17, 15) is 14.0 Å². The summed E-state index contributed by atoms with van der Waals surface area (Å²) in [4.78, 5) is 23.4. The van der Waals surface area contributed by atoms with Crippen LogP contribution in [0.5, 0.6) is 0 Å². The Balaban J connectivity index is 1.94. The third-order valence-electron chi connectivity index (χ3n) is 3.08. The standard InChI is InChI=1S/C18H16FN3O2/c1-20-17(23)14-9-3-2-7-13(14)8-6-12-21-18(24)22-16-11-5-4-10-15(16)19/h2-5,7,9-11H,12H2,1H3,(H,20,23)(H2,21,22,24). The summed E-state index contributed by atoms with van der Waals surface area (Å²) in [5, 5.41) is 7.43. The Morgan fingerprint density at radius 2 is 1.79 bits per heavy atom. The smallest absolute Gasteiger partial charge is 0.320 e. The quantitative estimate of drug-likeness (QED) is 0.758. The number of hydrogen-bond acceptors (Lipinski definition) is 2. The Hall–Kier alpha value is -3.33. The molecule has 0 atom stereocenters. The largest absolute Gasteiger partial charge is 0.355 e. The number of halogens is 1. The molecule has 0 aliphatic rings. The zero-order valence-corrected chi connectivity index (χ0v) is 13.0. The summed E-state index contributed by atoms with van der Waals surface area (Å²) in [5.41, 5.74) is 1.12. The topological polar surface area (TPSA) is 70.2 Å². The fourth-order valence-corrected chi connectivity index (χ4v) is 1.92. The lowest BCUT2D eigenvalue weighted by atomic mass is 10.1. The van der Waals surface area contributed by atoms with E-state index in [0.29, 0.717) is 11.1 Å². The van der Waals surface area contributed by atoms with E-state index in [1.165, 1.54) is 18.2 Å². The van der Waals surface area contributed by atoms with Gasteiger partial charge >= 0.3 is 6.03 Å². The number of anilines is 1. The number of nitrogens with one attached hydrogen (secondary N) is 3. The molecule has 122 valence electrons. The molecular formula is C18H16FN3O2. The van der Waals surface area contributed by atoms with Crippen molar-refractivity contribution < 1.29 is 14.0 Å². The van der Waals surface area contributed by atoms with E-state index in [1.54, 1.807) is 37.4 Å². The van der Waals surface area contributed by atoms with Crippen LogP contribution in [0.25, 0.3) is 0 Å². The molecule has 0 aliphatic carbocycles. The molecule has 2 aromatic carbocycles. The van der Waals surface area contributed by atoms with E-state index >= 15 is 0 Å². The zero-order valence-electron chi connectivity index (χ0n) is 13.0. The minimum atomic E-state index is -0.561. The van der Waals surface area contributed by atoms with Crippen molar-refractivity contribution in [3.8, 4) is 11.8 Å². The van der Waals surface area contributed by atoms with E-state index in [-0.39, 0.29) is 18.1 Å². The summed E-state index contributed by atoms with van der Waals surface area (Å²) in [6.07, 6.45) is 0. The molecule has 24 heavy (non-hydrogen) atoms. The average Bonchev–Trinajstić information content (AvgIpc) is 2.60. The Morgan fingerprint density at radius 3 is 2.54 bits per heavy atom. The predicted molar refractivity (Wildman–Crippen MR) is 90.1 cm³/mol. The highest BCUT2D eigenvalue weighted by atomic mass is 19.1. The Morgan fingerprint density at radius 1 is 1.08 bits per heavy atom. The summed E-state index contributed by atoms with van der Waals surface area (Å²) in [6.45, 7) is 0.0579. The second-order valence-corrected chi connectivity index (χ2v) is 4.71. The minimum absolute atomic E-state index is 0.0579. The van der Waals surface area contributed by atoms with Crippen LogP contribution in [0, 0.1) is 17.7 Å². The fourth-order valence-electron chi connectivity index (χ4n) is 1.92. The van der Waals surface area contributed by atoms with Gasteiger partial charge in [-0.05, 0) is 24.3 Å². The molecule has 3 N–H and O–H groups in total. The van der Waals surface area contributed by atoms with Gasteiger partial charge in [0.15, 0.2) is 0 Å². The average molecular weight is 325 g/mol. The first-order valence-corrected chi connectivity index (χ1v) is 7.21. The van der Waals surface area contributed by atoms with Crippen molar-refractivity contribution in [1.82, 2.24) is 10.6 Å². The maximum atomic E-state index is 13.4. The van der Waals surface area contributed by atoms with Crippen molar-refractivity contribution in [2.45, 2.75) is 0 Å². The van der Waals surface area contributed by atoms with Gasteiger partial charge in [0.05, 0.1) is 17.8 Å². The van der Waals surface area contributed by atoms with Crippen molar-refractivity contribution in [2.75, 3.05) is 18.9 Å². The highest BCUT2D eigenvalue weighted by molar-refractivity contribution is 5.96. The second-order valence-electron chi connectivity index (χ2n) is 4.71. The summed E-state index contributed by atoms with van der Waals surface area (Å²) in [7, 11) is 1.54. The van der Waals surface area contributed by atoms with Crippen molar-refractivity contribution in [3.05, 3.63) is 65.5 Å². The lowest BCUT2D eigenvalue weighted by Crippen LogP contribution is -2.29. The van der Waals surface area contributed by atoms with Crippen molar-refractivity contribution in [1.29, 1.82) is 0 Å². The molecule has 0 heterocycles. The molecule has 2 rings (SSSR count). The normalized spacial score (nSPS) is 9.42. The molecule has 0 fully saturated rings. The molecule has 3 amide bonds. The summed E-state index contributed by atoms with van der Waals surface area (Å²) < 4.78 is 13.4. The van der Waals surface area contributed by atoms with Crippen LogP contribution < -0.4 is 16.0 Å². The molecule has 0 aromatic heterocycles. The molecule has 5 nitrogen and oxygen atoms in total. The first kappa shape index (κ1) is 17.0. The van der Waals surface area contributed by atoms with Gasteiger partial charge in [0, 0.05) is 12.6 Å². The molecule has 0 radical (unpaired) electrons. The fraction of sp³-hybridized carbons (Fsp3) is 0.111. The molecule has 0 saturated heterocycles. The minimum Gasteiger partial charge on any atom is -0.355 e. The number of benzene rings is 2. The maximum Gasteiger partial charge on any atom is 0.320 e. The first-order chi connectivity index (χ1) is 11.6. The number of rotatable bonds is 3.